The monoisotopic (exact) mass is 279 g/mol. The molecule has 0 atom stereocenters. The van der Waals surface area contributed by atoms with Crippen molar-refractivity contribution in [1.29, 1.82) is 0 Å². The molecule has 0 unspecified atom stereocenters. The number of phenolic OH excluding ortho intramolecular Hbond substituents is 2. The topological polar surface area (TPSA) is 107 Å². The molecule has 0 saturated heterocycles. The number of anilines is 1. The van der Waals surface area contributed by atoms with E-state index >= 15 is 0 Å². The Labute approximate surface area is 111 Å². The number of hydrogen-bond donors (Lipinski definition) is 4. The minimum Gasteiger partial charge on any atom is -0.508 e. The van der Waals surface area contributed by atoms with E-state index in [2.05, 4.69) is 5.32 Å². The number of nitrogens with one attached hydrogen (secondary N) is 1. The van der Waals surface area contributed by atoms with Crippen molar-refractivity contribution < 1.29 is 24.9 Å². The highest BCUT2D eigenvalue weighted by Crippen LogP contribution is 2.24. The normalized spacial score (nSPS) is 10.1. The van der Waals surface area contributed by atoms with Gasteiger partial charge in [0.2, 0.25) is 0 Å². The highest BCUT2D eigenvalue weighted by molar-refractivity contribution is 7.18. The van der Waals surface area contributed by atoms with Crippen LogP contribution in [0.5, 0.6) is 11.5 Å². The second-order valence-electron chi connectivity index (χ2n) is 3.66. The highest BCUT2D eigenvalue weighted by atomic mass is 32.1. The maximum atomic E-state index is 11.8. The molecule has 0 saturated carbocycles. The molecular formula is C12H9NO5S. The molecule has 2 aromatic rings. The molecule has 7 heteroatoms. The van der Waals surface area contributed by atoms with E-state index in [1.165, 1.54) is 24.3 Å². The molecule has 0 aliphatic carbocycles. The van der Waals surface area contributed by atoms with Crippen LogP contribution in [0.2, 0.25) is 0 Å². The van der Waals surface area contributed by atoms with Gasteiger partial charge in [0.15, 0.2) is 0 Å². The molecule has 1 aromatic carbocycles. The predicted octanol–water partition coefficient (Wildman–Crippen LogP) is 2.11. The zero-order valence-electron chi connectivity index (χ0n) is 9.45. The summed E-state index contributed by atoms with van der Waals surface area (Å²) in [5.41, 5.74) is 0.0720. The first-order valence-electron chi connectivity index (χ1n) is 5.13. The highest BCUT2D eigenvalue weighted by Gasteiger charge is 2.12. The quantitative estimate of drug-likeness (QED) is 0.688. The van der Waals surface area contributed by atoms with E-state index in [0.29, 0.717) is 5.00 Å². The smallest absolute Gasteiger partial charge is 0.345 e. The van der Waals surface area contributed by atoms with Crippen molar-refractivity contribution in [3.8, 4) is 11.5 Å². The Balaban J connectivity index is 2.18. The molecule has 19 heavy (non-hydrogen) atoms. The molecule has 0 aliphatic rings. The molecule has 4 N–H and O–H groups in total. The molecule has 0 bridgehead atoms. The molecular weight excluding hydrogens is 270 g/mol. The van der Waals surface area contributed by atoms with Gasteiger partial charge >= 0.3 is 5.97 Å². The van der Waals surface area contributed by atoms with Crippen molar-refractivity contribution in [3.63, 3.8) is 0 Å². The van der Waals surface area contributed by atoms with Crippen molar-refractivity contribution in [1.82, 2.24) is 0 Å². The minimum atomic E-state index is -1.07. The molecule has 98 valence electrons. The van der Waals surface area contributed by atoms with Crippen LogP contribution in [-0.4, -0.2) is 27.2 Å². The van der Waals surface area contributed by atoms with Crippen molar-refractivity contribution >= 4 is 28.2 Å². The fourth-order valence-electron chi connectivity index (χ4n) is 1.43. The van der Waals surface area contributed by atoms with Crippen LogP contribution in [-0.2, 0) is 0 Å². The van der Waals surface area contributed by atoms with Crippen LogP contribution in [0.3, 0.4) is 0 Å². The Bertz CT molecular complexity index is 629. The number of aromatic hydroxyl groups is 2. The summed E-state index contributed by atoms with van der Waals surface area (Å²) in [6, 6.07) is 6.34. The number of carbonyl (C=O) groups excluding carboxylic acids is 1. The van der Waals surface area contributed by atoms with E-state index in [4.69, 9.17) is 5.11 Å². The number of hydrogen-bond acceptors (Lipinski definition) is 5. The van der Waals surface area contributed by atoms with Gasteiger partial charge in [0.1, 0.15) is 16.4 Å². The second kappa shape index (κ2) is 4.99. The number of phenols is 2. The summed E-state index contributed by atoms with van der Waals surface area (Å²) in [6.45, 7) is 0. The molecule has 0 aliphatic heterocycles. The zero-order valence-corrected chi connectivity index (χ0v) is 10.3. The SMILES string of the molecule is O=C(Nc1ccc(C(=O)O)s1)c1cc(O)cc(O)c1. The molecule has 1 heterocycles. The summed E-state index contributed by atoms with van der Waals surface area (Å²) >= 11 is 0.916. The van der Waals surface area contributed by atoms with Crippen LogP contribution < -0.4 is 5.32 Å². The number of aromatic carboxylic acids is 1. The molecule has 0 spiro atoms. The van der Waals surface area contributed by atoms with Crippen LogP contribution >= 0.6 is 11.3 Å². The standard InChI is InChI=1S/C12H9NO5S/c14-7-3-6(4-8(15)5-7)11(16)13-10-2-1-9(19-10)12(17)18/h1-5,14-15H,(H,13,16)(H,17,18). The third-order valence-electron chi connectivity index (χ3n) is 2.22. The third-order valence-corrected chi connectivity index (χ3v) is 3.21. The largest absolute Gasteiger partial charge is 0.508 e. The van der Waals surface area contributed by atoms with E-state index in [1.54, 1.807) is 0 Å². The zero-order chi connectivity index (χ0) is 14.0. The summed E-state index contributed by atoms with van der Waals surface area (Å²) in [6.07, 6.45) is 0. The van der Waals surface area contributed by atoms with Gasteiger partial charge in [-0.3, -0.25) is 4.79 Å². The van der Waals surface area contributed by atoms with Crippen LogP contribution in [0.1, 0.15) is 20.0 Å². The van der Waals surface area contributed by atoms with Gasteiger partial charge in [-0.05, 0) is 24.3 Å². The van der Waals surface area contributed by atoms with Crippen molar-refractivity contribution in [3.05, 3.63) is 40.8 Å². The summed E-state index contributed by atoms with van der Waals surface area (Å²) in [7, 11) is 0. The lowest BCUT2D eigenvalue weighted by Gasteiger charge is -2.03. The lowest BCUT2D eigenvalue weighted by Crippen LogP contribution is -2.10. The molecule has 0 fully saturated rings. The Kier molecular flexibility index (Phi) is 3.39. The Hall–Kier alpha value is -2.54. The lowest BCUT2D eigenvalue weighted by atomic mass is 10.2. The fourth-order valence-corrected chi connectivity index (χ4v) is 2.17. The fraction of sp³-hybridized carbons (Fsp3) is 0. The number of carboxylic acid groups (broad SMARTS) is 1. The van der Waals surface area contributed by atoms with Gasteiger partial charge in [0.05, 0.1) is 5.00 Å². The van der Waals surface area contributed by atoms with Gasteiger partial charge in [-0.25, -0.2) is 4.79 Å². The Morgan fingerprint density at radius 2 is 1.68 bits per heavy atom. The van der Waals surface area contributed by atoms with Gasteiger partial charge in [-0.15, -0.1) is 11.3 Å². The Morgan fingerprint density at radius 3 is 2.21 bits per heavy atom. The molecule has 1 aromatic heterocycles. The van der Waals surface area contributed by atoms with Crippen LogP contribution in [0.25, 0.3) is 0 Å². The van der Waals surface area contributed by atoms with E-state index in [1.807, 2.05) is 0 Å². The summed E-state index contributed by atoms with van der Waals surface area (Å²) < 4.78 is 0. The predicted molar refractivity (Wildman–Crippen MR) is 69.0 cm³/mol. The average molecular weight is 279 g/mol. The van der Waals surface area contributed by atoms with E-state index in [-0.39, 0.29) is 21.9 Å². The maximum Gasteiger partial charge on any atom is 0.345 e. The van der Waals surface area contributed by atoms with Gasteiger partial charge in [-0.1, -0.05) is 0 Å². The first kappa shape index (κ1) is 12.9. The molecule has 6 nitrogen and oxygen atoms in total. The van der Waals surface area contributed by atoms with Gasteiger partial charge in [0.25, 0.3) is 5.91 Å². The number of thiophene rings is 1. The minimum absolute atomic E-state index is 0.0720. The lowest BCUT2D eigenvalue weighted by molar-refractivity contribution is 0.0702. The van der Waals surface area contributed by atoms with Crippen LogP contribution in [0.15, 0.2) is 30.3 Å². The second-order valence-corrected chi connectivity index (χ2v) is 4.75. The number of carbonyl (C=O) groups is 2. The maximum absolute atomic E-state index is 11.8. The number of amides is 1. The van der Waals surface area contributed by atoms with Crippen molar-refractivity contribution in [2.24, 2.45) is 0 Å². The number of carboxylic acids is 1. The Morgan fingerprint density at radius 1 is 1.05 bits per heavy atom. The number of benzene rings is 1. The molecule has 2 rings (SSSR count). The van der Waals surface area contributed by atoms with Crippen LogP contribution in [0.4, 0.5) is 5.00 Å². The first-order valence-corrected chi connectivity index (χ1v) is 5.95. The summed E-state index contributed by atoms with van der Waals surface area (Å²) in [4.78, 5) is 22.6. The molecule has 1 amide bonds. The first-order chi connectivity index (χ1) is 8.95. The van der Waals surface area contributed by atoms with Gasteiger partial charge < -0.3 is 20.6 Å². The van der Waals surface area contributed by atoms with Gasteiger partial charge in [-0.2, -0.15) is 0 Å². The third kappa shape index (κ3) is 3.02. The van der Waals surface area contributed by atoms with Gasteiger partial charge in [0, 0.05) is 11.6 Å². The van der Waals surface area contributed by atoms with Crippen LogP contribution in [0, 0.1) is 0 Å². The number of rotatable bonds is 3. The van der Waals surface area contributed by atoms with Crippen molar-refractivity contribution in [2.75, 3.05) is 5.32 Å². The average Bonchev–Trinajstić information content (AvgIpc) is 2.76. The van der Waals surface area contributed by atoms with E-state index in [9.17, 15) is 19.8 Å². The van der Waals surface area contributed by atoms with E-state index in [0.717, 1.165) is 17.4 Å². The summed E-state index contributed by atoms with van der Waals surface area (Å²) in [5.74, 6) is -2.09. The summed E-state index contributed by atoms with van der Waals surface area (Å²) in [5, 5.41) is 30.1. The van der Waals surface area contributed by atoms with Crippen molar-refractivity contribution in [2.45, 2.75) is 0 Å². The molecule has 0 radical (unpaired) electrons. The van der Waals surface area contributed by atoms with E-state index < -0.39 is 11.9 Å².